The van der Waals surface area contributed by atoms with Gasteiger partial charge < -0.3 is 9.84 Å². The summed E-state index contributed by atoms with van der Waals surface area (Å²) >= 11 is 6.93. The highest BCUT2D eigenvalue weighted by Crippen LogP contribution is 2.51. The quantitative estimate of drug-likeness (QED) is 0.343. The molecule has 9 heteroatoms. The number of thiocarbonyl (C=S) groups is 1. The molecule has 0 bridgehead atoms. The van der Waals surface area contributed by atoms with Crippen molar-refractivity contribution in [1.82, 2.24) is 4.90 Å². The molecule has 138 valence electrons. The van der Waals surface area contributed by atoms with E-state index in [1.165, 1.54) is 12.1 Å². The molecule has 3 rings (SSSR count). The number of carbonyl (C=O) groups excluding carboxylic acids is 1. The molecule has 0 aromatic heterocycles. The van der Waals surface area contributed by atoms with Gasteiger partial charge in [-0.3, -0.25) is 19.8 Å². The molecule has 1 fully saturated rings. The van der Waals surface area contributed by atoms with Crippen LogP contribution in [0.2, 0.25) is 0 Å². The minimum Gasteiger partial charge on any atom is -0.477 e. The van der Waals surface area contributed by atoms with Gasteiger partial charge >= 0.3 is 0 Å². The van der Waals surface area contributed by atoms with E-state index in [1.54, 1.807) is 35.7 Å². The SMILES string of the molecule is CCC1=C(C(=S)OCc2ccc([N+](=O)[O-])cc2)N2C(=O)[C@@H]([C@H](C)O)[C@H]2S1. The largest absolute Gasteiger partial charge is 0.477 e. The van der Waals surface area contributed by atoms with Crippen LogP contribution in [0.5, 0.6) is 0 Å². The van der Waals surface area contributed by atoms with Crippen LogP contribution in [0, 0.1) is 16.0 Å². The monoisotopic (exact) mass is 394 g/mol. The predicted molar refractivity (Wildman–Crippen MR) is 101 cm³/mol. The number of nitro groups is 1. The third kappa shape index (κ3) is 3.22. The third-order valence-electron chi connectivity index (χ3n) is 4.40. The van der Waals surface area contributed by atoms with Crippen LogP contribution in [0.4, 0.5) is 5.69 Å². The number of hydrogen-bond acceptors (Lipinski definition) is 7. The Morgan fingerprint density at radius 3 is 2.65 bits per heavy atom. The molecule has 2 aliphatic rings. The normalized spacial score (nSPS) is 22.7. The summed E-state index contributed by atoms with van der Waals surface area (Å²) < 4.78 is 5.68. The summed E-state index contributed by atoms with van der Waals surface area (Å²) in [7, 11) is 0. The lowest BCUT2D eigenvalue weighted by molar-refractivity contribution is -0.384. The minimum atomic E-state index is -0.705. The molecular formula is C17H18N2O5S2. The van der Waals surface area contributed by atoms with Gasteiger partial charge in [-0.1, -0.05) is 6.92 Å². The Labute approximate surface area is 160 Å². The van der Waals surface area contributed by atoms with Gasteiger partial charge in [-0.2, -0.15) is 0 Å². The van der Waals surface area contributed by atoms with Crippen molar-refractivity contribution in [1.29, 1.82) is 0 Å². The van der Waals surface area contributed by atoms with Gasteiger partial charge in [-0.15, -0.1) is 11.8 Å². The van der Waals surface area contributed by atoms with Crippen LogP contribution < -0.4 is 0 Å². The molecule has 0 aliphatic carbocycles. The van der Waals surface area contributed by atoms with Crippen molar-refractivity contribution in [3.63, 3.8) is 0 Å². The second kappa shape index (κ2) is 7.34. The van der Waals surface area contributed by atoms with E-state index in [9.17, 15) is 20.0 Å². The van der Waals surface area contributed by atoms with Gasteiger partial charge in [0.2, 0.25) is 11.0 Å². The second-order valence-electron chi connectivity index (χ2n) is 6.11. The van der Waals surface area contributed by atoms with Gasteiger partial charge in [0.05, 0.1) is 16.9 Å². The van der Waals surface area contributed by atoms with Gasteiger partial charge in [0, 0.05) is 17.0 Å². The molecule has 7 nitrogen and oxygen atoms in total. The Bertz CT molecular complexity index is 791. The van der Waals surface area contributed by atoms with Crippen LogP contribution in [-0.4, -0.2) is 37.4 Å². The fourth-order valence-corrected chi connectivity index (χ4v) is 4.94. The van der Waals surface area contributed by atoms with Crippen LogP contribution in [-0.2, 0) is 16.1 Å². The molecule has 1 aromatic rings. The lowest BCUT2D eigenvalue weighted by Gasteiger charge is -2.44. The molecule has 3 atom stereocenters. The van der Waals surface area contributed by atoms with Crippen molar-refractivity contribution >= 4 is 40.6 Å². The maximum absolute atomic E-state index is 12.4. The number of benzene rings is 1. The van der Waals surface area contributed by atoms with Crippen LogP contribution in [0.25, 0.3) is 0 Å². The summed E-state index contributed by atoms with van der Waals surface area (Å²) in [6.07, 6.45) is 0.0108. The molecule has 0 spiro atoms. The van der Waals surface area contributed by atoms with E-state index >= 15 is 0 Å². The average molecular weight is 394 g/mol. The van der Waals surface area contributed by atoms with Gasteiger partial charge in [0.15, 0.2) is 0 Å². The summed E-state index contributed by atoms with van der Waals surface area (Å²) in [5, 5.41) is 20.6. The van der Waals surface area contributed by atoms with E-state index in [4.69, 9.17) is 17.0 Å². The molecule has 1 aromatic carbocycles. The summed E-state index contributed by atoms with van der Waals surface area (Å²) in [5.74, 6) is -0.561. The number of rotatable bonds is 6. The van der Waals surface area contributed by atoms with Crippen molar-refractivity contribution in [3.05, 3.63) is 50.5 Å². The van der Waals surface area contributed by atoms with E-state index in [1.807, 2.05) is 6.92 Å². The van der Waals surface area contributed by atoms with Crippen molar-refractivity contribution < 1.29 is 19.6 Å². The molecule has 0 saturated carbocycles. The van der Waals surface area contributed by atoms with E-state index < -0.39 is 16.9 Å². The maximum Gasteiger partial charge on any atom is 0.269 e. The fraction of sp³-hybridized carbons (Fsp3) is 0.412. The zero-order valence-corrected chi connectivity index (χ0v) is 15.9. The molecule has 1 N–H and O–H groups in total. The van der Waals surface area contributed by atoms with Crippen molar-refractivity contribution in [2.24, 2.45) is 5.92 Å². The first kappa shape index (κ1) is 18.8. The molecule has 26 heavy (non-hydrogen) atoms. The van der Waals surface area contributed by atoms with E-state index in [-0.39, 0.29) is 28.6 Å². The Morgan fingerprint density at radius 1 is 1.46 bits per heavy atom. The Morgan fingerprint density at radius 2 is 2.12 bits per heavy atom. The topological polar surface area (TPSA) is 92.9 Å². The number of amides is 1. The first-order valence-corrected chi connectivity index (χ1v) is 9.45. The highest BCUT2D eigenvalue weighted by Gasteiger charge is 2.56. The number of aliphatic hydroxyl groups excluding tert-OH is 1. The van der Waals surface area contributed by atoms with Gasteiger partial charge in [0.1, 0.15) is 17.7 Å². The number of β-lactam (4-membered cyclic amide) rings is 1. The number of allylic oxidation sites excluding steroid dienone is 1. The number of thioether (sulfide) groups is 1. The summed E-state index contributed by atoms with van der Waals surface area (Å²) in [6.45, 7) is 3.76. The van der Waals surface area contributed by atoms with E-state index in [2.05, 4.69) is 0 Å². The number of non-ortho nitro benzene ring substituents is 1. The fourth-order valence-electron chi connectivity index (χ4n) is 3.02. The smallest absolute Gasteiger partial charge is 0.269 e. The summed E-state index contributed by atoms with van der Waals surface area (Å²) in [4.78, 5) is 25.2. The molecule has 0 radical (unpaired) electrons. The number of nitrogens with zero attached hydrogens (tertiary/aromatic N) is 2. The van der Waals surface area contributed by atoms with Crippen LogP contribution in [0.1, 0.15) is 25.8 Å². The zero-order chi connectivity index (χ0) is 19.0. The molecule has 1 saturated heterocycles. The Kier molecular flexibility index (Phi) is 5.31. The summed E-state index contributed by atoms with van der Waals surface area (Å²) in [5.41, 5.74) is 1.37. The van der Waals surface area contributed by atoms with Crippen LogP contribution >= 0.6 is 24.0 Å². The van der Waals surface area contributed by atoms with Gasteiger partial charge in [-0.25, -0.2) is 0 Å². The number of hydrogen-bond donors (Lipinski definition) is 1. The highest BCUT2D eigenvalue weighted by atomic mass is 32.2. The minimum absolute atomic E-state index is 0.0117. The van der Waals surface area contributed by atoms with Crippen molar-refractivity contribution in [2.45, 2.75) is 38.4 Å². The molecule has 0 unspecified atom stereocenters. The van der Waals surface area contributed by atoms with Crippen molar-refractivity contribution in [2.75, 3.05) is 0 Å². The standard InChI is InChI=1S/C17H18N2O5S2/c1-3-12-14(18-15(21)13(9(2)20)16(18)26-12)17(25)24-8-10-4-6-11(7-5-10)19(22)23/h4-7,9,13,16,20H,3,8H2,1-2H3/t9-,13+,16+/m0/s1. The third-order valence-corrected chi connectivity index (χ3v) is 6.23. The number of fused-ring (bicyclic) bond motifs is 1. The number of carbonyl (C=O) groups is 1. The Balaban J connectivity index is 1.69. The summed E-state index contributed by atoms with van der Waals surface area (Å²) in [6, 6.07) is 6.04. The lowest BCUT2D eigenvalue weighted by Crippen LogP contribution is -2.60. The highest BCUT2D eigenvalue weighted by molar-refractivity contribution is 8.04. The second-order valence-corrected chi connectivity index (χ2v) is 7.69. The van der Waals surface area contributed by atoms with Crippen molar-refractivity contribution in [3.8, 4) is 0 Å². The number of ether oxygens (including phenoxy) is 1. The number of aliphatic hydroxyl groups is 1. The van der Waals surface area contributed by atoms with Crippen LogP contribution in [0.15, 0.2) is 34.9 Å². The first-order chi connectivity index (χ1) is 12.3. The first-order valence-electron chi connectivity index (χ1n) is 8.16. The predicted octanol–water partition coefficient (Wildman–Crippen LogP) is 2.97. The van der Waals surface area contributed by atoms with E-state index in [0.717, 1.165) is 10.5 Å². The average Bonchev–Trinajstić information content (AvgIpc) is 2.93. The molecule has 1 amide bonds. The maximum atomic E-state index is 12.4. The molecule has 2 heterocycles. The molecule has 2 aliphatic heterocycles. The van der Waals surface area contributed by atoms with Gasteiger partial charge in [0.25, 0.3) is 5.69 Å². The van der Waals surface area contributed by atoms with E-state index in [0.29, 0.717) is 12.1 Å². The Hall–Kier alpha value is -1.97. The lowest BCUT2D eigenvalue weighted by atomic mass is 9.92. The zero-order valence-electron chi connectivity index (χ0n) is 14.2. The number of nitro benzene ring substituents is 1. The molecular weight excluding hydrogens is 376 g/mol. The van der Waals surface area contributed by atoms with Gasteiger partial charge in [-0.05, 0) is 43.3 Å². The van der Waals surface area contributed by atoms with Crippen LogP contribution in [0.3, 0.4) is 0 Å².